The Morgan fingerprint density at radius 1 is 0.475 bits per heavy atom. The van der Waals surface area contributed by atoms with Gasteiger partial charge >= 0.3 is 0 Å². The molecule has 0 aliphatic carbocycles. The zero-order valence-electron chi connectivity index (χ0n) is 41.9. The molecule has 3 amide bonds. The molecule has 0 atom stereocenters. The molecule has 0 spiro atoms. The first-order chi connectivity index (χ1) is 25.7. The molecule has 1 aromatic rings. The molecule has 0 heterocycles. The maximum Gasteiger partial charge on any atom is 0.248 e. The van der Waals surface area contributed by atoms with E-state index in [9.17, 15) is 22.8 Å². The quantitative estimate of drug-likeness (QED) is 0.212. The van der Waals surface area contributed by atoms with Gasteiger partial charge in [0.2, 0.25) is 27.7 Å². The van der Waals surface area contributed by atoms with Crippen LogP contribution in [0.4, 0.5) is 0 Å². The van der Waals surface area contributed by atoms with Crippen LogP contribution < -0.4 is 20.7 Å². The zero-order chi connectivity index (χ0) is 47.7. The van der Waals surface area contributed by atoms with Crippen molar-refractivity contribution >= 4 is 33.8 Å². The second kappa shape index (κ2) is 23.5. The second-order valence-corrected chi connectivity index (χ2v) is 24.9. The molecule has 59 heavy (non-hydrogen) atoms. The summed E-state index contributed by atoms with van der Waals surface area (Å²) in [4.78, 5) is 35.0. The van der Waals surface area contributed by atoms with E-state index in [4.69, 9.17) is 0 Å². The van der Waals surface area contributed by atoms with Gasteiger partial charge in [-0.05, 0) is 129 Å². The first-order valence-corrected chi connectivity index (χ1v) is 22.1. The lowest BCUT2D eigenvalue weighted by molar-refractivity contribution is -0.120. The number of hydrogen-bond donors (Lipinski definition) is 4. The summed E-state index contributed by atoms with van der Waals surface area (Å²) < 4.78 is 25.5. The number of allylic oxidation sites excluding steroid dienone is 3. The fourth-order valence-corrected chi connectivity index (χ4v) is 5.48. The van der Waals surface area contributed by atoms with Gasteiger partial charge in [0.1, 0.15) is 0 Å². The maximum absolute atomic E-state index is 12.4. The first-order valence-electron chi connectivity index (χ1n) is 20.6. The fraction of sp³-hybridized carbons (Fsp3) is 0.653. The molecule has 0 aliphatic rings. The maximum atomic E-state index is 12.4. The molecular weight excluding hydrogens is 757 g/mol. The highest BCUT2D eigenvalue weighted by Crippen LogP contribution is 2.28. The summed E-state index contributed by atoms with van der Waals surface area (Å²) in [5, 5.41) is 10.0. The third kappa shape index (κ3) is 43.9. The highest BCUT2D eigenvalue weighted by Gasteiger charge is 2.26. The Kier molecular flexibility index (Phi) is 23.8. The van der Waals surface area contributed by atoms with Crippen LogP contribution >= 0.6 is 0 Å². The van der Waals surface area contributed by atoms with Crippen molar-refractivity contribution < 1.29 is 22.8 Å². The van der Waals surface area contributed by atoms with Gasteiger partial charge in [0, 0.05) is 33.1 Å². The van der Waals surface area contributed by atoms with E-state index in [1.54, 1.807) is 18.2 Å². The Morgan fingerprint density at radius 3 is 1.08 bits per heavy atom. The van der Waals surface area contributed by atoms with Gasteiger partial charge in [-0.15, -0.1) is 0 Å². The number of amides is 3. The average molecular weight is 845 g/mol. The summed E-state index contributed by atoms with van der Waals surface area (Å²) >= 11 is 0. The van der Waals surface area contributed by atoms with Crippen LogP contribution in [-0.4, -0.2) is 48.3 Å². The van der Waals surface area contributed by atoms with Gasteiger partial charge in [0.05, 0.1) is 0 Å². The molecule has 10 heteroatoms. The lowest BCUT2D eigenvalue weighted by Crippen LogP contribution is -2.43. The van der Waals surface area contributed by atoms with Crippen molar-refractivity contribution in [3.8, 4) is 0 Å². The fourth-order valence-electron chi connectivity index (χ4n) is 3.97. The summed E-state index contributed by atoms with van der Waals surface area (Å²) in [5.74, 6) is -0.0475. The number of rotatable bonds is 6. The van der Waals surface area contributed by atoms with Gasteiger partial charge in [-0.25, -0.2) is 13.1 Å². The van der Waals surface area contributed by atoms with Crippen molar-refractivity contribution in [3.63, 3.8) is 0 Å². The summed E-state index contributed by atoms with van der Waals surface area (Å²) in [6.07, 6.45) is 10.7. The third-order valence-electron chi connectivity index (χ3n) is 6.31. The monoisotopic (exact) mass is 845 g/mol. The van der Waals surface area contributed by atoms with Crippen molar-refractivity contribution in [1.82, 2.24) is 20.7 Å². The summed E-state index contributed by atoms with van der Waals surface area (Å²) in [6, 6.07) is 9.96. The Balaban J connectivity index is -0.000000720. The van der Waals surface area contributed by atoms with E-state index in [-0.39, 0.29) is 56.0 Å². The van der Waals surface area contributed by atoms with Gasteiger partial charge in [0.15, 0.2) is 0 Å². The third-order valence-corrected chi connectivity index (χ3v) is 7.70. The summed E-state index contributed by atoms with van der Waals surface area (Å²) in [7, 11) is -3.30. The van der Waals surface area contributed by atoms with Crippen molar-refractivity contribution in [1.29, 1.82) is 0 Å². The minimum atomic E-state index is -3.30. The molecule has 0 aliphatic heterocycles. The Labute approximate surface area is 363 Å². The molecule has 0 saturated carbocycles. The molecule has 0 bridgehead atoms. The van der Waals surface area contributed by atoms with Gasteiger partial charge in [-0.2, -0.15) is 0 Å². The van der Waals surface area contributed by atoms with Crippen LogP contribution in [0.15, 0.2) is 71.7 Å². The average Bonchev–Trinajstić information content (AvgIpc) is 2.93. The molecule has 0 radical (unpaired) electrons. The lowest BCUT2D eigenvalue weighted by atomic mass is 9.84. The number of hydrogen-bond acceptors (Lipinski definition) is 5. The van der Waals surface area contributed by atoms with Gasteiger partial charge in [-0.1, -0.05) is 132 Å². The lowest BCUT2D eigenvalue weighted by Gasteiger charge is -2.27. The normalized spacial score (nSPS) is 13.7. The molecule has 0 fully saturated rings. The predicted molar refractivity (Wildman–Crippen MR) is 255 cm³/mol. The number of benzene rings is 1. The highest BCUT2D eigenvalue weighted by atomic mass is 32.2. The van der Waals surface area contributed by atoms with Gasteiger partial charge in [0.25, 0.3) is 0 Å². The van der Waals surface area contributed by atoms with Crippen LogP contribution in [0.25, 0.3) is 6.08 Å². The van der Waals surface area contributed by atoms with Crippen molar-refractivity contribution in [3.05, 3.63) is 77.3 Å². The molecule has 1 aromatic carbocycles. The van der Waals surface area contributed by atoms with Crippen LogP contribution in [0.1, 0.15) is 172 Å². The van der Waals surface area contributed by atoms with E-state index >= 15 is 0 Å². The Hall–Kier alpha value is -3.50. The molecule has 1 rings (SSSR count). The van der Waals surface area contributed by atoms with Crippen molar-refractivity contribution in [2.24, 2.45) is 21.7 Å². The first kappa shape index (κ1) is 59.8. The van der Waals surface area contributed by atoms with E-state index in [0.29, 0.717) is 0 Å². The number of sulfonamides is 1. The van der Waals surface area contributed by atoms with Crippen LogP contribution in [0.5, 0.6) is 0 Å². The molecule has 4 N–H and O–H groups in total. The Morgan fingerprint density at radius 2 is 0.814 bits per heavy atom. The number of nitrogens with one attached hydrogen (secondary N) is 4. The minimum absolute atomic E-state index is 0.00357. The van der Waals surface area contributed by atoms with Crippen LogP contribution in [-0.2, 0) is 24.4 Å². The van der Waals surface area contributed by atoms with E-state index in [0.717, 1.165) is 11.1 Å². The predicted octanol–water partition coefficient (Wildman–Crippen LogP) is 11.3. The van der Waals surface area contributed by atoms with Gasteiger partial charge < -0.3 is 16.0 Å². The van der Waals surface area contributed by atoms with Crippen LogP contribution in [0, 0.1) is 21.7 Å². The molecule has 0 unspecified atom stereocenters. The van der Waals surface area contributed by atoms with E-state index < -0.39 is 15.6 Å². The number of carbonyl (C=O) groups excluding carboxylic acids is 3. The molecule has 340 valence electrons. The molecule has 9 nitrogen and oxygen atoms in total. The van der Waals surface area contributed by atoms with E-state index in [2.05, 4.69) is 83.0 Å². The summed E-state index contributed by atoms with van der Waals surface area (Å²) in [6.45, 7) is 47.7. The molecule has 0 saturated heterocycles. The zero-order valence-corrected chi connectivity index (χ0v) is 42.7. The van der Waals surface area contributed by atoms with Gasteiger partial charge in [-0.3, -0.25) is 14.4 Å². The summed E-state index contributed by atoms with van der Waals surface area (Å²) in [5.41, 5.74) is 0.713. The standard InChI is InChI=1S/C17H25NO.2C11H21NO.C10H21NO2S/c1-16(2,3)14(15(19)18-17(4,5)6)12-13-10-8-7-9-11-13;2*1-10(2,3)8-7-9(13)12-11(4,5)6;1-9(2,3)7-8-14(12,13)11-10(4,5)6/h7-12H,1-6H3,(H,18,19);2*7-8H,1-6H3,(H,12,13);7-8,11H,1-6H3/b14-12-;8-7+;8-7-;8-7+. The van der Waals surface area contributed by atoms with Crippen molar-refractivity contribution in [2.45, 2.75) is 188 Å². The number of carbonyl (C=O) groups is 3. The molecule has 0 aromatic heterocycles. The van der Waals surface area contributed by atoms with E-state index in [1.165, 1.54) is 5.41 Å². The second-order valence-electron chi connectivity index (χ2n) is 23.4. The molecular formula is C49H88N4O5S. The highest BCUT2D eigenvalue weighted by molar-refractivity contribution is 7.92. The smallest absolute Gasteiger partial charge is 0.248 e. The Bertz CT molecular complexity index is 1610. The van der Waals surface area contributed by atoms with E-state index in [1.807, 2.05) is 152 Å². The van der Waals surface area contributed by atoms with Crippen LogP contribution in [0.2, 0.25) is 0 Å². The SMILES string of the molecule is CC(C)(C)/C=C/C(=O)NC(C)(C)C.CC(C)(C)/C=C/S(=O)(=O)NC(C)(C)C.CC(C)(C)/C=C\C(=O)NC(C)(C)C.CC(C)(C)NC(=O)/C(=C/c1ccccc1)C(C)(C)C. The minimum Gasteiger partial charge on any atom is -0.348 e. The van der Waals surface area contributed by atoms with Crippen molar-refractivity contribution in [2.75, 3.05) is 0 Å². The van der Waals surface area contributed by atoms with Crippen LogP contribution in [0.3, 0.4) is 0 Å². The topological polar surface area (TPSA) is 133 Å². The largest absolute Gasteiger partial charge is 0.348 e.